The third-order valence-corrected chi connectivity index (χ3v) is 4.69. The van der Waals surface area contributed by atoms with Crippen LogP contribution in [0.1, 0.15) is 22.7 Å². The van der Waals surface area contributed by atoms with Crippen molar-refractivity contribution in [3.63, 3.8) is 0 Å². The molecule has 1 atom stereocenters. The number of benzene rings is 1. The molecule has 2 nitrogen and oxygen atoms in total. The van der Waals surface area contributed by atoms with Crippen LogP contribution in [0.25, 0.3) is 0 Å². The Hall–Kier alpha value is -1.15. The summed E-state index contributed by atoms with van der Waals surface area (Å²) in [6.45, 7) is 2.65. The summed E-state index contributed by atoms with van der Waals surface area (Å²) < 4.78 is 53.9. The smallest absolute Gasteiger partial charge is 0.314 e. The maximum atomic E-state index is 13.7. The Balaban J connectivity index is 0.00000208. The Morgan fingerprint density at radius 1 is 1.12 bits per heavy atom. The highest BCUT2D eigenvalue weighted by molar-refractivity contribution is 7.08. The van der Waals surface area contributed by atoms with Crippen LogP contribution >= 0.6 is 23.7 Å². The molecule has 0 saturated carbocycles. The second-order valence-electron chi connectivity index (χ2n) is 5.47. The van der Waals surface area contributed by atoms with Gasteiger partial charge in [-0.05, 0) is 46.2 Å². The number of piperazine rings is 1. The lowest BCUT2D eigenvalue weighted by Gasteiger charge is -2.36. The summed E-state index contributed by atoms with van der Waals surface area (Å²) in [6.07, 6.45) is -4.51. The first kappa shape index (κ1) is 19.2. The van der Waals surface area contributed by atoms with Gasteiger partial charge < -0.3 is 5.32 Å². The molecule has 1 aliphatic heterocycles. The Morgan fingerprint density at radius 3 is 2.42 bits per heavy atom. The van der Waals surface area contributed by atoms with Gasteiger partial charge in [0.05, 0.1) is 11.6 Å². The Kier molecular flexibility index (Phi) is 6.25. The molecule has 0 bridgehead atoms. The molecular weight excluding hydrogens is 364 g/mol. The largest absolute Gasteiger partial charge is 0.416 e. The molecule has 2 heterocycles. The van der Waals surface area contributed by atoms with Crippen LogP contribution in [0.3, 0.4) is 0 Å². The van der Waals surface area contributed by atoms with Gasteiger partial charge >= 0.3 is 6.18 Å². The van der Waals surface area contributed by atoms with Crippen LogP contribution in [-0.2, 0) is 6.18 Å². The van der Waals surface area contributed by atoms with Gasteiger partial charge in [0.1, 0.15) is 5.82 Å². The fraction of sp³-hybridized carbons (Fsp3) is 0.375. The zero-order chi connectivity index (χ0) is 16.4. The van der Waals surface area contributed by atoms with E-state index in [-0.39, 0.29) is 18.0 Å². The van der Waals surface area contributed by atoms with E-state index in [1.165, 1.54) is 11.3 Å². The van der Waals surface area contributed by atoms with Crippen molar-refractivity contribution in [2.45, 2.75) is 12.2 Å². The van der Waals surface area contributed by atoms with Gasteiger partial charge in [0.25, 0.3) is 0 Å². The molecule has 0 unspecified atom stereocenters. The Bertz CT molecular complexity index is 655. The van der Waals surface area contributed by atoms with Crippen molar-refractivity contribution >= 4 is 23.7 Å². The van der Waals surface area contributed by atoms with E-state index in [2.05, 4.69) is 5.32 Å². The quantitative estimate of drug-likeness (QED) is 0.798. The second kappa shape index (κ2) is 7.82. The highest BCUT2D eigenvalue weighted by Crippen LogP contribution is 2.40. The molecule has 8 heteroatoms. The molecule has 0 spiro atoms. The molecule has 1 aromatic heterocycles. The lowest BCUT2D eigenvalue weighted by atomic mass is 9.93. The fourth-order valence-electron chi connectivity index (χ4n) is 2.98. The van der Waals surface area contributed by atoms with Crippen molar-refractivity contribution in [2.75, 3.05) is 26.2 Å². The van der Waals surface area contributed by atoms with Gasteiger partial charge in [-0.1, -0.05) is 0 Å². The van der Waals surface area contributed by atoms with Gasteiger partial charge in [0.15, 0.2) is 0 Å². The molecule has 0 aliphatic carbocycles. The van der Waals surface area contributed by atoms with Crippen LogP contribution in [0, 0.1) is 5.82 Å². The Labute approximate surface area is 147 Å². The number of hydrogen-bond acceptors (Lipinski definition) is 3. The average Bonchev–Trinajstić information content (AvgIpc) is 3.01. The summed E-state index contributed by atoms with van der Waals surface area (Å²) in [7, 11) is 0. The highest BCUT2D eigenvalue weighted by Gasteiger charge is 2.37. The molecule has 1 aromatic carbocycles. The molecule has 132 valence electrons. The third-order valence-electron chi connectivity index (χ3n) is 3.99. The molecule has 3 rings (SSSR count). The third kappa shape index (κ3) is 4.08. The molecule has 0 radical (unpaired) electrons. The van der Waals surface area contributed by atoms with E-state index < -0.39 is 23.6 Å². The van der Waals surface area contributed by atoms with Crippen molar-refractivity contribution in [1.29, 1.82) is 0 Å². The van der Waals surface area contributed by atoms with Crippen LogP contribution < -0.4 is 5.32 Å². The topological polar surface area (TPSA) is 15.3 Å². The number of thiophene rings is 1. The van der Waals surface area contributed by atoms with E-state index in [0.29, 0.717) is 26.2 Å². The number of halogens is 5. The first-order chi connectivity index (χ1) is 11.0. The standard InChI is InChI=1S/C16H16F4N2S.ClH/c17-12-1-2-14(16(18,19)20)13(9-12)15(11-3-8-23-10-11)22-6-4-21-5-7-22;/h1-3,8-10,15,21H,4-7H2;1H/t15-;/m1./s1. The van der Waals surface area contributed by atoms with Crippen LogP contribution in [-0.4, -0.2) is 31.1 Å². The van der Waals surface area contributed by atoms with Crippen molar-refractivity contribution in [3.05, 3.63) is 57.5 Å². The first-order valence-corrected chi connectivity index (χ1v) is 8.24. The van der Waals surface area contributed by atoms with Crippen molar-refractivity contribution in [2.24, 2.45) is 0 Å². The van der Waals surface area contributed by atoms with Crippen LogP contribution in [0.15, 0.2) is 35.0 Å². The average molecular weight is 381 g/mol. The van der Waals surface area contributed by atoms with Crippen molar-refractivity contribution in [3.8, 4) is 0 Å². The predicted molar refractivity (Wildman–Crippen MR) is 89.3 cm³/mol. The molecule has 24 heavy (non-hydrogen) atoms. The van der Waals surface area contributed by atoms with Gasteiger partial charge in [0, 0.05) is 26.2 Å². The predicted octanol–water partition coefficient (Wildman–Crippen LogP) is 4.32. The van der Waals surface area contributed by atoms with E-state index >= 15 is 0 Å². The molecule has 1 saturated heterocycles. The number of rotatable bonds is 3. The van der Waals surface area contributed by atoms with Crippen LogP contribution in [0.5, 0.6) is 0 Å². The normalized spacial score (nSPS) is 17.3. The maximum Gasteiger partial charge on any atom is 0.416 e. The van der Waals surface area contributed by atoms with Gasteiger partial charge in [-0.15, -0.1) is 12.4 Å². The molecule has 0 amide bonds. The highest BCUT2D eigenvalue weighted by atomic mass is 35.5. The first-order valence-electron chi connectivity index (χ1n) is 7.30. The summed E-state index contributed by atoms with van der Waals surface area (Å²) in [6, 6.07) is 3.95. The van der Waals surface area contributed by atoms with Crippen LogP contribution in [0.4, 0.5) is 17.6 Å². The summed E-state index contributed by atoms with van der Waals surface area (Å²) in [5.74, 6) is -0.650. The summed E-state index contributed by atoms with van der Waals surface area (Å²) in [4.78, 5) is 1.97. The molecule has 1 aliphatic rings. The monoisotopic (exact) mass is 380 g/mol. The molecule has 1 fully saturated rings. The summed E-state index contributed by atoms with van der Waals surface area (Å²) in [5, 5.41) is 6.85. The van der Waals surface area contributed by atoms with E-state index in [1.807, 2.05) is 21.7 Å². The fourth-order valence-corrected chi connectivity index (χ4v) is 3.65. The van der Waals surface area contributed by atoms with Gasteiger partial charge in [-0.2, -0.15) is 24.5 Å². The van der Waals surface area contributed by atoms with Crippen molar-refractivity contribution < 1.29 is 17.6 Å². The molecule has 2 aromatic rings. The van der Waals surface area contributed by atoms with Gasteiger partial charge in [-0.25, -0.2) is 4.39 Å². The minimum absolute atomic E-state index is 0. The SMILES string of the molecule is Cl.Fc1ccc(C(F)(F)F)c([C@@H](c2ccsc2)N2CCNCC2)c1. The molecular formula is C16H17ClF4N2S. The maximum absolute atomic E-state index is 13.7. The summed E-state index contributed by atoms with van der Waals surface area (Å²) in [5.41, 5.74) is -0.0144. The van der Waals surface area contributed by atoms with E-state index in [0.717, 1.165) is 23.8 Å². The van der Waals surface area contributed by atoms with Gasteiger partial charge in [0.2, 0.25) is 0 Å². The zero-order valence-corrected chi connectivity index (χ0v) is 14.3. The zero-order valence-electron chi connectivity index (χ0n) is 12.6. The van der Waals surface area contributed by atoms with E-state index in [1.54, 1.807) is 0 Å². The van der Waals surface area contributed by atoms with E-state index in [4.69, 9.17) is 0 Å². The second-order valence-corrected chi connectivity index (χ2v) is 6.25. The minimum Gasteiger partial charge on any atom is -0.314 e. The number of nitrogens with zero attached hydrogens (tertiary/aromatic N) is 1. The number of hydrogen-bond donors (Lipinski definition) is 1. The Morgan fingerprint density at radius 2 is 1.83 bits per heavy atom. The summed E-state index contributed by atoms with van der Waals surface area (Å²) >= 11 is 1.43. The van der Waals surface area contributed by atoms with E-state index in [9.17, 15) is 17.6 Å². The molecule has 1 N–H and O–H groups in total. The minimum atomic E-state index is -4.51. The van der Waals surface area contributed by atoms with Crippen LogP contribution in [0.2, 0.25) is 0 Å². The van der Waals surface area contributed by atoms with Gasteiger partial charge in [-0.3, -0.25) is 4.90 Å². The lowest BCUT2D eigenvalue weighted by Crippen LogP contribution is -2.45. The van der Waals surface area contributed by atoms with Crippen molar-refractivity contribution in [1.82, 2.24) is 10.2 Å². The number of nitrogens with one attached hydrogen (secondary N) is 1. The lowest BCUT2D eigenvalue weighted by molar-refractivity contribution is -0.138. The number of alkyl halides is 3.